The molecule has 0 unspecified atom stereocenters. The van der Waals surface area contributed by atoms with Crippen LogP contribution in [0, 0.1) is 0 Å². The molecule has 0 fully saturated rings. The van der Waals surface area contributed by atoms with Crippen molar-refractivity contribution in [2.45, 2.75) is 6.61 Å². The average molecular weight is 320 g/mol. The molecule has 6 heteroatoms. The van der Waals surface area contributed by atoms with Gasteiger partial charge in [0.25, 0.3) is 0 Å². The molecule has 0 N–H and O–H groups in total. The Kier molecular flexibility index (Phi) is 3.91. The highest BCUT2D eigenvalue weighted by Crippen LogP contribution is 2.29. The second-order valence-corrected chi connectivity index (χ2v) is 5.11. The zero-order chi connectivity index (χ0) is 11.5. The molecule has 0 bridgehead atoms. The molecule has 3 nitrogen and oxygen atoms in total. The van der Waals surface area contributed by atoms with Crippen molar-refractivity contribution >= 4 is 38.9 Å². The van der Waals surface area contributed by atoms with Gasteiger partial charge in [-0.15, -0.1) is 11.3 Å². The summed E-state index contributed by atoms with van der Waals surface area (Å²) in [6.45, 7) is 0.404. The third-order valence-corrected chi connectivity index (χ3v) is 4.10. The molecule has 0 amide bonds. The van der Waals surface area contributed by atoms with E-state index in [4.69, 9.17) is 16.3 Å². The number of halogens is 2. The van der Waals surface area contributed by atoms with Crippen LogP contribution in [0.4, 0.5) is 0 Å². The van der Waals surface area contributed by atoms with Gasteiger partial charge in [0.1, 0.15) is 5.15 Å². The molecule has 0 aliphatic heterocycles. The minimum absolute atomic E-state index is 0.404. The third kappa shape index (κ3) is 2.43. The molecule has 0 aliphatic rings. The van der Waals surface area contributed by atoms with Crippen molar-refractivity contribution in [1.82, 2.24) is 9.97 Å². The Hall–Kier alpha value is -0.490. The van der Waals surface area contributed by atoms with Crippen molar-refractivity contribution in [3.63, 3.8) is 0 Å². The quantitative estimate of drug-likeness (QED) is 0.808. The standard InChI is InChI=1S/C10H8BrClN2OS/c1-15-5-6-8(11)9(12)14-10(13-6)7-3-2-4-16-7/h2-4H,5H2,1H3. The number of nitrogens with zero attached hydrogens (tertiary/aromatic N) is 2. The van der Waals surface area contributed by atoms with Crippen molar-refractivity contribution in [2.75, 3.05) is 7.11 Å². The van der Waals surface area contributed by atoms with E-state index >= 15 is 0 Å². The second kappa shape index (κ2) is 5.23. The fraction of sp³-hybridized carbons (Fsp3) is 0.200. The van der Waals surface area contributed by atoms with Gasteiger partial charge >= 0.3 is 0 Å². The number of methoxy groups -OCH3 is 1. The minimum Gasteiger partial charge on any atom is -0.378 e. The first-order valence-electron chi connectivity index (χ1n) is 4.47. The van der Waals surface area contributed by atoms with Gasteiger partial charge in [-0.3, -0.25) is 0 Å². The highest BCUT2D eigenvalue weighted by atomic mass is 79.9. The Balaban J connectivity index is 2.48. The molecule has 16 heavy (non-hydrogen) atoms. The van der Waals surface area contributed by atoms with Gasteiger partial charge in [-0.25, -0.2) is 9.97 Å². The number of rotatable bonds is 3. The molecular weight excluding hydrogens is 312 g/mol. The SMILES string of the molecule is COCc1nc(-c2cccs2)nc(Cl)c1Br. The Morgan fingerprint density at radius 2 is 2.31 bits per heavy atom. The number of hydrogen-bond acceptors (Lipinski definition) is 4. The number of aromatic nitrogens is 2. The van der Waals surface area contributed by atoms with Crippen LogP contribution in [0.25, 0.3) is 10.7 Å². The summed E-state index contributed by atoms with van der Waals surface area (Å²) in [4.78, 5) is 9.62. The first-order valence-corrected chi connectivity index (χ1v) is 6.52. The normalized spacial score (nSPS) is 10.7. The van der Waals surface area contributed by atoms with Crippen molar-refractivity contribution in [3.8, 4) is 10.7 Å². The zero-order valence-corrected chi connectivity index (χ0v) is 11.6. The number of thiophene rings is 1. The smallest absolute Gasteiger partial charge is 0.171 e. The third-order valence-electron chi connectivity index (χ3n) is 1.90. The summed E-state index contributed by atoms with van der Waals surface area (Å²) in [5.41, 5.74) is 0.755. The van der Waals surface area contributed by atoms with Crippen molar-refractivity contribution in [2.24, 2.45) is 0 Å². The fourth-order valence-electron chi connectivity index (χ4n) is 1.21. The van der Waals surface area contributed by atoms with E-state index in [0.29, 0.717) is 22.1 Å². The molecule has 2 rings (SSSR count). The van der Waals surface area contributed by atoms with E-state index < -0.39 is 0 Å². The van der Waals surface area contributed by atoms with Gasteiger partial charge in [0, 0.05) is 7.11 Å². The summed E-state index contributed by atoms with van der Waals surface area (Å²) in [7, 11) is 1.62. The van der Waals surface area contributed by atoms with Gasteiger partial charge in [0.15, 0.2) is 5.82 Å². The highest BCUT2D eigenvalue weighted by Gasteiger charge is 2.12. The average Bonchev–Trinajstić information content (AvgIpc) is 2.78. The minimum atomic E-state index is 0.404. The second-order valence-electron chi connectivity index (χ2n) is 3.01. The van der Waals surface area contributed by atoms with E-state index in [1.807, 2.05) is 17.5 Å². The first kappa shape index (κ1) is 12.0. The lowest BCUT2D eigenvalue weighted by molar-refractivity contribution is 0.181. The van der Waals surface area contributed by atoms with Crippen LogP contribution in [0.2, 0.25) is 5.15 Å². The van der Waals surface area contributed by atoms with E-state index in [9.17, 15) is 0 Å². The molecule has 0 spiro atoms. The number of ether oxygens (including phenoxy) is 1. The summed E-state index contributed by atoms with van der Waals surface area (Å²) >= 11 is 10.9. The van der Waals surface area contributed by atoms with Gasteiger partial charge in [-0.05, 0) is 27.4 Å². The zero-order valence-electron chi connectivity index (χ0n) is 8.41. The summed E-state index contributed by atoms with van der Waals surface area (Å²) in [5, 5.41) is 2.38. The molecule has 2 aromatic heterocycles. The van der Waals surface area contributed by atoms with Crippen molar-refractivity contribution < 1.29 is 4.74 Å². The lowest BCUT2D eigenvalue weighted by atomic mass is 10.4. The molecule has 0 atom stereocenters. The largest absolute Gasteiger partial charge is 0.378 e. The topological polar surface area (TPSA) is 35.0 Å². The Bertz CT molecular complexity index is 490. The maximum Gasteiger partial charge on any atom is 0.171 e. The summed E-state index contributed by atoms with van der Waals surface area (Å²) < 4.78 is 5.75. The van der Waals surface area contributed by atoms with Crippen LogP contribution in [-0.2, 0) is 11.3 Å². The van der Waals surface area contributed by atoms with E-state index in [-0.39, 0.29) is 0 Å². The van der Waals surface area contributed by atoms with Crippen molar-refractivity contribution in [3.05, 3.63) is 32.8 Å². The van der Waals surface area contributed by atoms with Crippen LogP contribution in [0.3, 0.4) is 0 Å². The molecule has 0 aliphatic carbocycles. The Labute approximate surface area is 111 Å². The van der Waals surface area contributed by atoms with Gasteiger partial charge in [-0.1, -0.05) is 17.7 Å². The molecule has 0 saturated heterocycles. The van der Waals surface area contributed by atoms with Crippen LogP contribution in [0.5, 0.6) is 0 Å². The lowest BCUT2D eigenvalue weighted by Crippen LogP contribution is -1.99. The predicted molar refractivity (Wildman–Crippen MR) is 68.8 cm³/mol. The molecule has 0 saturated carbocycles. The van der Waals surface area contributed by atoms with E-state index in [2.05, 4.69) is 25.9 Å². The van der Waals surface area contributed by atoms with Crippen LogP contribution < -0.4 is 0 Å². The maximum atomic E-state index is 6.02. The van der Waals surface area contributed by atoms with Gasteiger partial charge in [0.05, 0.1) is 21.7 Å². The molecule has 84 valence electrons. The lowest BCUT2D eigenvalue weighted by Gasteiger charge is -2.06. The van der Waals surface area contributed by atoms with Crippen molar-refractivity contribution in [1.29, 1.82) is 0 Å². The molecule has 0 radical (unpaired) electrons. The molecule has 2 heterocycles. The maximum absolute atomic E-state index is 6.02. The Morgan fingerprint density at radius 3 is 2.94 bits per heavy atom. The highest BCUT2D eigenvalue weighted by molar-refractivity contribution is 9.10. The van der Waals surface area contributed by atoms with Crippen LogP contribution in [0.15, 0.2) is 22.0 Å². The number of hydrogen-bond donors (Lipinski definition) is 0. The van der Waals surface area contributed by atoms with E-state index in [1.54, 1.807) is 18.4 Å². The molecule has 0 aromatic carbocycles. The van der Waals surface area contributed by atoms with Gasteiger partial charge < -0.3 is 4.74 Å². The fourth-order valence-corrected chi connectivity index (χ4v) is 2.35. The van der Waals surface area contributed by atoms with Crippen LogP contribution in [-0.4, -0.2) is 17.1 Å². The van der Waals surface area contributed by atoms with Crippen LogP contribution >= 0.6 is 38.9 Å². The van der Waals surface area contributed by atoms with E-state index in [1.165, 1.54) is 0 Å². The van der Waals surface area contributed by atoms with Gasteiger partial charge in [-0.2, -0.15) is 0 Å². The van der Waals surface area contributed by atoms with E-state index in [0.717, 1.165) is 10.6 Å². The monoisotopic (exact) mass is 318 g/mol. The summed E-state index contributed by atoms with van der Waals surface area (Å²) in [5.74, 6) is 0.634. The summed E-state index contributed by atoms with van der Waals surface area (Å²) in [6.07, 6.45) is 0. The molecular formula is C10H8BrClN2OS. The first-order chi connectivity index (χ1) is 7.72. The Morgan fingerprint density at radius 1 is 1.50 bits per heavy atom. The van der Waals surface area contributed by atoms with Gasteiger partial charge in [0.2, 0.25) is 0 Å². The van der Waals surface area contributed by atoms with Crippen LogP contribution in [0.1, 0.15) is 5.69 Å². The molecule has 2 aromatic rings. The summed E-state index contributed by atoms with van der Waals surface area (Å²) in [6, 6.07) is 3.91. The predicted octanol–water partition coefficient (Wildman–Crippen LogP) is 3.77.